The minimum atomic E-state index is 0.267. The van der Waals surface area contributed by atoms with Crippen molar-refractivity contribution in [2.24, 2.45) is 0 Å². The number of halogens is 1. The van der Waals surface area contributed by atoms with Gasteiger partial charge in [0.2, 0.25) is 5.28 Å². The van der Waals surface area contributed by atoms with Crippen LogP contribution in [0.15, 0.2) is 78.9 Å². The summed E-state index contributed by atoms with van der Waals surface area (Å²) in [5.74, 6) is 0. The first-order valence-electron chi connectivity index (χ1n) is 7.39. The van der Waals surface area contributed by atoms with Crippen LogP contribution in [0.3, 0.4) is 0 Å². The first-order chi connectivity index (χ1) is 11.3. The van der Waals surface area contributed by atoms with Gasteiger partial charge in [-0.15, -0.1) is 0 Å². The predicted molar refractivity (Wildman–Crippen MR) is 95.4 cm³/mol. The number of nitrogens with zero attached hydrogens (tertiary/aromatic N) is 2. The van der Waals surface area contributed by atoms with E-state index in [4.69, 9.17) is 11.6 Å². The molecule has 0 N–H and O–H groups in total. The highest BCUT2D eigenvalue weighted by Gasteiger charge is 2.10. The maximum atomic E-state index is 6.11. The van der Waals surface area contributed by atoms with Crippen LogP contribution in [0.5, 0.6) is 0 Å². The van der Waals surface area contributed by atoms with E-state index in [9.17, 15) is 0 Å². The van der Waals surface area contributed by atoms with Crippen molar-refractivity contribution in [1.29, 1.82) is 0 Å². The van der Waals surface area contributed by atoms with Gasteiger partial charge < -0.3 is 0 Å². The number of aromatic nitrogens is 2. The fraction of sp³-hybridized carbons (Fsp3) is 0. The van der Waals surface area contributed by atoms with E-state index in [1.165, 1.54) is 5.56 Å². The summed E-state index contributed by atoms with van der Waals surface area (Å²) in [6.45, 7) is 0. The zero-order chi connectivity index (χ0) is 15.6. The highest BCUT2D eigenvalue weighted by molar-refractivity contribution is 6.28. The Hall–Kier alpha value is -2.71. The van der Waals surface area contributed by atoms with Crippen molar-refractivity contribution in [3.8, 4) is 22.4 Å². The van der Waals surface area contributed by atoms with Crippen molar-refractivity contribution >= 4 is 22.5 Å². The summed E-state index contributed by atoms with van der Waals surface area (Å²) in [5, 5.41) is 1.27. The normalized spacial score (nSPS) is 10.8. The lowest BCUT2D eigenvalue weighted by Crippen LogP contribution is -1.92. The Morgan fingerprint density at radius 1 is 0.609 bits per heavy atom. The third-order valence-electron chi connectivity index (χ3n) is 3.82. The second-order valence-electron chi connectivity index (χ2n) is 5.31. The van der Waals surface area contributed by atoms with Crippen LogP contribution < -0.4 is 0 Å². The standard InChI is InChI=1S/C20H13ClN2/c21-20-22-18-12-11-16(14-7-3-1-4-8-14)13-17(18)19(23-20)15-9-5-2-6-10-15/h1-13H. The molecule has 0 atom stereocenters. The van der Waals surface area contributed by atoms with Crippen molar-refractivity contribution in [3.63, 3.8) is 0 Å². The Morgan fingerprint density at radius 2 is 1.26 bits per heavy atom. The summed E-state index contributed by atoms with van der Waals surface area (Å²) >= 11 is 6.11. The minimum Gasteiger partial charge on any atom is -0.218 e. The molecule has 0 aliphatic rings. The van der Waals surface area contributed by atoms with Crippen LogP contribution in [0.25, 0.3) is 33.3 Å². The van der Waals surface area contributed by atoms with Gasteiger partial charge in [0.25, 0.3) is 0 Å². The molecule has 4 aromatic rings. The van der Waals surface area contributed by atoms with Crippen LogP contribution in [0.4, 0.5) is 0 Å². The molecule has 0 saturated heterocycles. The van der Waals surface area contributed by atoms with Gasteiger partial charge in [-0.2, -0.15) is 0 Å². The maximum absolute atomic E-state index is 6.11. The largest absolute Gasteiger partial charge is 0.223 e. The lowest BCUT2D eigenvalue weighted by molar-refractivity contribution is 1.22. The smallest absolute Gasteiger partial charge is 0.218 e. The Bertz CT molecular complexity index is 967. The monoisotopic (exact) mass is 316 g/mol. The SMILES string of the molecule is Clc1nc(-c2ccccc2)c2cc(-c3ccccc3)ccc2n1. The molecule has 0 fully saturated rings. The molecular weight excluding hydrogens is 304 g/mol. The molecule has 0 amide bonds. The second-order valence-corrected chi connectivity index (χ2v) is 5.64. The molecular formula is C20H13ClN2. The molecule has 23 heavy (non-hydrogen) atoms. The van der Waals surface area contributed by atoms with E-state index < -0.39 is 0 Å². The van der Waals surface area contributed by atoms with Crippen molar-refractivity contribution < 1.29 is 0 Å². The molecule has 2 nitrogen and oxygen atoms in total. The molecule has 0 unspecified atom stereocenters. The average molecular weight is 317 g/mol. The molecule has 3 aromatic carbocycles. The van der Waals surface area contributed by atoms with Gasteiger partial charge in [-0.3, -0.25) is 0 Å². The van der Waals surface area contributed by atoms with Crippen LogP contribution >= 0.6 is 11.6 Å². The van der Waals surface area contributed by atoms with Crippen LogP contribution in [-0.2, 0) is 0 Å². The number of hydrogen-bond acceptors (Lipinski definition) is 2. The molecule has 0 aliphatic heterocycles. The summed E-state index contributed by atoms with van der Waals surface area (Å²) in [7, 11) is 0. The molecule has 0 bridgehead atoms. The Balaban J connectivity index is 1.98. The van der Waals surface area contributed by atoms with Crippen LogP contribution in [0.1, 0.15) is 0 Å². The molecule has 110 valence electrons. The van der Waals surface area contributed by atoms with Crippen LogP contribution in [0, 0.1) is 0 Å². The number of benzene rings is 3. The van der Waals surface area contributed by atoms with Crippen molar-refractivity contribution in [3.05, 3.63) is 84.1 Å². The molecule has 0 aliphatic carbocycles. The van der Waals surface area contributed by atoms with Gasteiger partial charge in [-0.1, -0.05) is 66.7 Å². The van der Waals surface area contributed by atoms with Gasteiger partial charge in [0, 0.05) is 10.9 Å². The van der Waals surface area contributed by atoms with Crippen LogP contribution in [-0.4, -0.2) is 9.97 Å². The van der Waals surface area contributed by atoms with E-state index in [1.54, 1.807) is 0 Å². The first kappa shape index (κ1) is 13.9. The number of hydrogen-bond donors (Lipinski definition) is 0. The quantitative estimate of drug-likeness (QED) is 0.449. The van der Waals surface area contributed by atoms with E-state index >= 15 is 0 Å². The predicted octanol–water partition coefficient (Wildman–Crippen LogP) is 5.62. The molecule has 4 rings (SSSR count). The Kier molecular flexibility index (Phi) is 3.52. The van der Waals surface area contributed by atoms with Gasteiger partial charge in [-0.25, -0.2) is 9.97 Å². The summed E-state index contributed by atoms with van der Waals surface area (Å²) in [6, 6.07) is 26.5. The van der Waals surface area contributed by atoms with Crippen molar-refractivity contribution in [2.75, 3.05) is 0 Å². The first-order valence-corrected chi connectivity index (χ1v) is 7.77. The second kappa shape index (κ2) is 5.82. The van der Waals surface area contributed by atoms with Gasteiger partial charge in [0.1, 0.15) is 0 Å². The Labute approximate surface area is 139 Å². The summed E-state index contributed by atoms with van der Waals surface area (Å²) < 4.78 is 0. The molecule has 3 heteroatoms. The number of fused-ring (bicyclic) bond motifs is 1. The maximum Gasteiger partial charge on any atom is 0.223 e. The van der Waals surface area contributed by atoms with Crippen LogP contribution in [0.2, 0.25) is 5.28 Å². The summed E-state index contributed by atoms with van der Waals surface area (Å²) in [5.41, 5.74) is 5.05. The lowest BCUT2D eigenvalue weighted by atomic mass is 10.0. The van der Waals surface area contributed by atoms with Crippen molar-refractivity contribution in [2.45, 2.75) is 0 Å². The molecule has 0 radical (unpaired) electrons. The molecule has 1 aromatic heterocycles. The minimum absolute atomic E-state index is 0.267. The van der Waals surface area contributed by atoms with Gasteiger partial charge in [0.15, 0.2) is 0 Å². The highest BCUT2D eigenvalue weighted by atomic mass is 35.5. The van der Waals surface area contributed by atoms with Gasteiger partial charge in [0.05, 0.1) is 11.2 Å². The van der Waals surface area contributed by atoms with Gasteiger partial charge >= 0.3 is 0 Å². The molecule has 1 heterocycles. The lowest BCUT2D eigenvalue weighted by Gasteiger charge is -2.09. The van der Waals surface area contributed by atoms with Gasteiger partial charge in [-0.05, 0) is 34.9 Å². The zero-order valence-corrected chi connectivity index (χ0v) is 13.0. The average Bonchev–Trinajstić information content (AvgIpc) is 2.62. The van der Waals surface area contributed by atoms with Crippen molar-refractivity contribution in [1.82, 2.24) is 9.97 Å². The van der Waals surface area contributed by atoms with E-state index in [-0.39, 0.29) is 5.28 Å². The number of rotatable bonds is 2. The summed E-state index contributed by atoms with van der Waals surface area (Å²) in [4.78, 5) is 8.81. The third-order valence-corrected chi connectivity index (χ3v) is 3.99. The van der Waals surface area contributed by atoms with E-state index in [0.717, 1.165) is 27.7 Å². The highest BCUT2D eigenvalue weighted by Crippen LogP contribution is 2.30. The molecule has 0 spiro atoms. The topological polar surface area (TPSA) is 25.8 Å². The Morgan fingerprint density at radius 3 is 1.96 bits per heavy atom. The third kappa shape index (κ3) is 2.69. The van der Waals surface area contributed by atoms with E-state index in [2.05, 4.69) is 34.2 Å². The van der Waals surface area contributed by atoms with E-state index in [0.29, 0.717) is 0 Å². The fourth-order valence-electron chi connectivity index (χ4n) is 2.73. The van der Waals surface area contributed by atoms with E-state index in [1.807, 2.05) is 54.6 Å². The molecule has 0 saturated carbocycles. The zero-order valence-electron chi connectivity index (χ0n) is 12.3. The fourth-order valence-corrected chi connectivity index (χ4v) is 2.90. The summed E-state index contributed by atoms with van der Waals surface area (Å²) in [6.07, 6.45) is 0.